The molecule has 0 amide bonds. The maximum Gasteiger partial charge on any atom is 0.329 e. The third-order valence-electron chi connectivity index (χ3n) is 3.15. The van der Waals surface area contributed by atoms with Crippen LogP contribution in [0, 0.1) is 11.3 Å². The van der Waals surface area contributed by atoms with E-state index in [1.807, 2.05) is 0 Å². The fourth-order valence-corrected chi connectivity index (χ4v) is 2.15. The molecule has 5 nitrogen and oxygen atoms in total. The minimum atomic E-state index is -1.83. The van der Waals surface area contributed by atoms with Crippen molar-refractivity contribution in [3.63, 3.8) is 0 Å². The predicted octanol–water partition coefficient (Wildman–Crippen LogP) is -0.252. The normalized spacial score (nSPS) is 38.4. The first-order valence-electron chi connectivity index (χ1n) is 4.78. The second kappa shape index (κ2) is 3.12. The van der Waals surface area contributed by atoms with Gasteiger partial charge < -0.3 is 9.84 Å². The summed E-state index contributed by atoms with van der Waals surface area (Å²) in [4.78, 5) is 34.9. The van der Waals surface area contributed by atoms with Crippen LogP contribution in [-0.4, -0.2) is 28.7 Å². The molecule has 1 aliphatic heterocycles. The molecule has 5 heteroatoms. The monoisotopic (exact) mass is 222 g/mol. The average molecular weight is 222 g/mol. The standard InChI is InChI=1S/C11H10O5/c1-5-3-4-7(12)9(14)11(5)8(13)6(2)16-10(11)15/h3-5,9,14H,2H2,1H3/t5-,9-,11+/m0/s1. The Morgan fingerprint density at radius 1 is 1.44 bits per heavy atom. The van der Waals surface area contributed by atoms with Crippen molar-refractivity contribution in [3.8, 4) is 0 Å². The van der Waals surface area contributed by atoms with Gasteiger partial charge in [-0.3, -0.25) is 14.4 Å². The number of hydrogen-bond acceptors (Lipinski definition) is 5. The van der Waals surface area contributed by atoms with Gasteiger partial charge in [-0.05, 0) is 6.08 Å². The van der Waals surface area contributed by atoms with E-state index in [0.29, 0.717) is 0 Å². The maximum atomic E-state index is 11.9. The van der Waals surface area contributed by atoms with E-state index in [-0.39, 0.29) is 5.76 Å². The number of carbonyl (C=O) groups excluding carboxylic acids is 3. The van der Waals surface area contributed by atoms with Crippen LogP contribution in [0.1, 0.15) is 6.92 Å². The van der Waals surface area contributed by atoms with E-state index < -0.39 is 35.0 Å². The van der Waals surface area contributed by atoms with Crippen molar-refractivity contribution in [2.24, 2.45) is 11.3 Å². The van der Waals surface area contributed by atoms with Gasteiger partial charge in [0.2, 0.25) is 5.78 Å². The number of aliphatic hydroxyl groups excluding tert-OH is 1. The highest BCUT2D eigenvalue weighted by Crippen LogP contribution is 2.45. The highest BCUT2D eigenvalue weighted by Gasteiger charge is 2.64. The number of allylic oxidation sites excluding steroid dienone is 2. The Kier molecular flexibility index (Phi) is 2.10. The summed E-state index contributed by atoms with van der Waals surface area (Å²) in [6.07, 6.45) is 0.904. The molecule has 0 aromatic carbocycles. The molecular formula is C11H10O5. The summed E-state index contributed by atoms with van der Waals surface area (Å²) in [5, 5.41) is 9.79. The Morgan fingerprint density at radius 3 is 2.56 bits per heavy atom. The zero-order valence-electron chi connectivity index (χ0n) is 8.60. The molecule has 0 bridgehead atoms. The Hall–Kier alpha value is -1.75. The number of Topliss-reactive ketones (excluding diaryl/α,β-unsaturated/α-hetero) is 1. The van der Waals surface area contributed by atoms with Crippen LogP contribution in [0.25, 0.3) is 0 Å². The number of carbonyl (C=O) groups is 3. The molecule has 1 saturated heterocycles. The molecule has 3 atom stereocenters. The van der Waals surface area contributed by atoms with Crippen LogP contribution in [0.3, 0.4) is 0 Å². The molecule has 0 aromatic heterocycles. The molecular weight excluding hydrogens is 212 g/mol. The number of ketones is 2. The van der Waals surface area contributed by atoms with Gasteiger partial charge in [0, 0.05) is 5.92 Å². The summed E-state index contributed by atoms with van der Waals surface area (Å²) in [7, 11) is 0. The molecule has 1 spiro atoms. The summed E-state index contributed by atoms with van der Waals surface area (Å²) in [5.74, 6) is -3.20. The molecule has 0 radical (unpaired) electrons. The number of cyclic esters (lactones) is 1. The van der Waals surface area contributed by atoms with Crippen molar-refractivity contribution in [3.05, 3.63) is 24.5 Å². The molecule has 16 heavy (non-hydrogen) atoms. The van der Waals surface area contributed by atoms with Gasteiger partial charge in [-0.1, -0.05) is 19.6 Å². The first-order valence-corrected chi connectivity index (χ1v) is 4.78. The van der Waals surface area contributed by atoms with Crippen LogP contribution in [0.15, 0.2) is 24.5 Å². The third-order valence-corrected chi connectivity index (χ3v) is 3.15. The largest absolute Gasteiger partial charge is 0.422 e. The van der Waals surface area contributed by atoms with Crippen molar-refractivity contribution in [1.29, 1.82) is 0 Å². The predicted molar refractivity (Wildman–Crippen MR) is 52.0 cm³/mol. The lowest BCUT2D eigenvalue weighted by atomic mass is 9.65. The molecule has 2 aliphatic rings. The fourth-order valence-electron chi connectivity index (χ4n) is 2.15. The minimum absolute atomic E-state index is 0.320. The van der Waals surface area contributed by atoms with Crippen molar-refractivity contribution in [2.75, 3.05) is 0 Å². The quantitative estimate of drug-likeness (QED) is 0.347. The van der Waals surface area contributed by atoms with Gasteiger partial charge in [0.25, 0.3) is 0 Å². The van der Waals surface area contributed by atoms with Gasteiger partial charge >= 0.3 is 5.97 Å². The van der Waals surface area contributed by atoms with E-state index >= 15 is 0 Å². The van der Waals surface area contributed by atoms with Crippen LogP contribution in [0.2, 0.25) is 0 Å². The van der Waals surface area contributed by atoms with Crippen molar-refractivity contribution in [2.45, 2.75) is 13.0 Å². The lowest BCUT2D eigenvalue weighted by molar-refractivity contribution is -0.161. The summed E-state index contributed by atoms with van der Waals surface area (Å²) < 4.78 is 4.63. The maximum absolute atomic E-state index is 11.9. The first kappa shape index (κ1) is 10.8. The summed E-state index contributed by atoms with van der Waals surface area (Å²) in [6.45, 7) is 4.86. The lowest BCUT2D eigenvalue weighted by Crippen LogP contribution is -2.54. The van der Waals surface area contributed by atoms with Gasteiger partial charge in [0.15, 0.2) is 17.0 Å². The van der Waals surface area contributed by atoms with Crippen LogP contribution in [-0.2, 0) is 19.1 Å². The Morgan fingerprint density at radius 2 is 2.06 bits per heavy atom. The minimum Gasteiger partial charge on any atom is -0.422 e. The Bertz CT molecular complexity index is 447. The molecule has 0 aromatic rings. The topological polar surface area (TPSA) is 80.7 Å². The first-order chi connectivity index (χ1) is 7.42. The molecule has 1 N–H and O–H groups in total. The van der Waals surface area contributed by atoms with E-state index in [1.165, 1.54) is 12.2 Å². The van der Waals surface area contributed by atoms with E-state index in [2.05, 4.69) is 11.3 Å². The average Bonchev–Trinajstić information content (AvgIpc) is 2.45. The third kappa shape index (κ3) is 1.01. The van der Waals surface area contributed by atoms with E-state index in [4.69, 9.17) is 0 Å². The zero-order chi connectivity index (χ0) is 12.1. The van der Waals surface area contributed by atoms with Gasteiger partial charge in [-0.25, -0.2) is 0 Å². The highest BCUT2D eigenvalue weighted by atomic mass is 16.6. The van der Waals surface area contributed by atoms with Crippen molar-refractivity contribution >= 4 is 17.5 Å². The number of hydrogen-bond donors (Lipinski definition) is 1. The van der Waals surface area contributed by atoms with Crippen molar-refractivity contribution < 1.29 is 24.2 Å². The van der Waals surface area contributed by atoms with E-state index in [1.54, 1.807) is 6.92 Å². The van der Waals surface area contributed by atoms with Gasteiger partial charge in [0.05, 0.1) is 0 Å². The summed E-state index contributed by atoms with van der Waals surface area (Å²) >= 11 is 0. The lowest BCUT2D eigenvalue weighted by Gasteiger charge is -2.33. The Labute approximate surface area is 91.4 Å². The number of esters is 1. The fraction of sp³-hybridized carbons (Fsp3) is 0.364. The van der Waals surface area contributed by atoms with Crippen LogP contribution >= 0.6 is 0 Å². The number of ether oxygens (including phenoxy) is 1. The summed E-state index contributed by atoms with van der Waals surface area (Å²) in [5.41, 5.74) is -1.83. The molecule has 2 rings (SSSR count). The number of aliphatic hydroxyl groups is 1. The van der Waals surface area contributed by atoms with E-state index in [0.717, 1.165) is 0 Å². The molecule has 1 fully saturated rings. The smallest absolute Gasteiger partial charge is 0.329 e. The van der Waals surface area contributed by atoms with Gasteiger partial charge in [-0.2, -0.15) is 0 Å². The van der Waals surface area contributed by atoms with Gasteiger partial charge in [-0.15, -0.1) is 0 Å². The number of rotatable bonds is 0. The highest BCUT2D eigenvalue weighted by molar-refractivity contribution is 6.21. The molecule has 0 saturated carbocycles. The van der Waals surface area contributed by atoms with Gasteiger partial charge in [0.1, 0.15) is 6.10 Å². The molecule has 1 heterocycles. The Balaban J connectivity index is 2.63. The second-order valence-electron chi connectivity index (χ2n) is 3.96. The molecule has 1 aliphatic carbocycles. The zero-order valence-corrected chi connectivity index (χ0v) is 8.60. The van der Waals surface area contributed by atoms with Crippen LogP contribution < -0.4 is 0 Å². The molecule has 0 unspecified atom stereocenters. The SMILES string of the molecule is C=C1OC(=O)[C@@]2(C1=O)[C@@H](C)C=CC(=O)[C@@H]2O. The van der Waals surface area contributed by atoms with Crippen LogP contribution in [0.5, 0.6) is 0 Å². The second-order valence-corrected chi connectivity index (χ2v) is 3.96. The van der Waals surface area contributed by atoms with Crippen LogP contribution in [0.4, 0.5) is 0 Å². The van der Waals surface area contributed by atoms with E-state index in [9.17, 15) is 19.5 Å². The molecule has 84 valence electrons. The van der Waals surface area contributed by atoms with Crippen molar-refractivity contribution in [1.82, 2.24) is 0 Å². The summed E-state index contributed by atoms with van der Waals surface area (Å²) in [6, 6.07) is 0.